The quantitative estimate of drug-likeness (QED) is 0.0271. The van der Waals surface area contributed by atoms with Gasteiger partial charge in [0.1, 0.15) is 23.3 Å². The number of aromatic nitrogens is 3. The van der Waals surface area contributed by atoms with Crippen molar-refractivity contribution < 1.29 is 4.92 Å². The Labute approximate surface area is 545 Å². The topological polar surface area (TPSA) is 225 Å². The average molecular weight is 1310 g/mol. The minimum absolute atomic E-state index is 0. The summed E-state index contributed by atoms with van der Waals surface area (Å²) < 4.78 is 0. The summed E-state index contributed by atoms with van der Waals surface area (Å²) in [5.74, 6) is 3.40. The molecule has 88 heavy (non-hydrogen) atoms. The van der Waals surface area contributed by atoms with E-state index in [9.17, 15) is 10.1 Å². The van der Waals surface area contributed by atoms with Gasteiger partial charge in [0, 0.05) is 115 Å². The number of nitrogens with zero attached hydrogens (tertiary/aromatic N) is 6. The molecule has 9 N–H and O–H groups in total. The largest absolute Gasteiger partial charge is 0.383 e. The standard InChI is InChI=1S/2C23H23N5S2.C20H19N3O2.3ClH/c2*24-22(20-3-1-11-29-20)27-16-5-6-19-17(13-16)18(14-26-19)15-7-9-28(10-8-15)23(25)21-4-2-12-30-21;24-23(25)17-6-7-20-18(12-17)19(13-21-20)16-8-10-22(11-9-16)14-15-4-2-1-3-5-15;;;/h2*1-6,11-15,25-26H,7-10H2,(H2,24,27);1-8,12-13,21H,9-11,14H2;3*1H. The van der Waals surface area contributed by atoms with Crippen LogP contribution in [-0.4, -0.2) is 97.2 Å². The summed E-state index contributed by atoms with van der Waals surface area (Å²) in [6.45, 7) is 6.49. The number of aliphatic imine (C=N–C) groups is 2. The lowest BCUT2D eigenvalue weighted by atomic mass is 9.89. The van der Waals surface area contributed by atoms with Gasteiger partial charge in [-0.3, -0.25) is 25.8 Å². The first-order chi connectivity index (χ1) is 41.6. The lowest BCUT2D eigenvalue weighted by molar-refractivity contribution is -0.384. The van der Waals surface area contributed by atoms with Crippen molar-refractivity contribution in [3.8, 4) is 0 Å². The van der Waals surface area contributed by atoms with Crippen LogP contribution >= 0.6 is 82.6 Å². The van der Waals surface area contributed by atoms with E-state index in [2.05, 4.69) is 107 Å². The lowest BCUT2D eigenvalue weighted by Gasteiger charge is -2.33. The lowest BCUT2D eigenvalue weighted by Crippen LogP contribution is -2.37. The third-order valence-electron chi connectivity index (χ3n) is 16.2. The SMILES string of the molecule is Cl.Cl.Cl.N=C(c1cccs1)N1CCC(c2c[nH]c3ccc(N=C(N)c4cccs4)cc23)CC1.N=C(c1cccs1)N1CCC(c2c[nH]c3ccc(N=C(N)c4cccs4)cc23)CC1.O=[N+]([O-])c1ccc2[nH]cc(C3=CCN(Cc4ccccc4)CC3)c2c1. The molecule has 0 bridgehead atoms. The fraction of sp³-hybridized carbons (Fsp3) is 0.212. The van der Waals surface area contributed by atoms with E-state index in [0.29, 0.717) is 35.2 Å². The molecule has 2 saturated heterocycles. The molecule has 11 aromatic rings. The highest BCUT2D eigenvalue weighted by Crippen LogP contribution is 2.38. The molecule has 10 heterocycles. The van der Waals surface area contributed by atoms with Crippen molar-refractivity contribution in [1.82, 2.24) is 29.7 Å². The van der Waals surface area contributed by atoms with Crippen LogP contribution in [0.5, 0.6) is 0 Å². The Balaban J connectivity index is 0.000000155. The zero-order chi connectivity index (χ0) is 58.2. The number of benzene rings is 4. The number of halogens is 3. The van der Waals surface area contributed by atoms with Crippen LogP contribution in [0.2, 0.25) is 0 Å². The van der Waals surface area contributed by atoms with E-state index in [4.69, 9.17) is 22.3 Å². The van der Waals surface area contributed by atoms with Crippen molar-refractivity contribution in [2.24, 2.45) is 21.5 Å². The maximum atomic E-state index is 11.0. The van der Waals surface area contributed by atoms with Gasteiger partial charge in [-0.25, -0.2) is 9.98 Å². The predicted molar refractivity (Wildman–Crippen MR) is 376 cm³/mol. The number of rotatable bonds is 12. The molecule has 3 aliphatic rings. The number of aromatic amines is 3. The van der Waals surface area contributed by atoms with Crippen LogP contribution in [0.25, 0.3) is 38.3 Å². The molecule has 7 aromatic heterocycles. The highest BCUT2D eigenvalue weighted by Gasteiger charge is 2.27. The van der Waals surface area contributed by atoms with Crippen LogP contribution in [-0.2, 0) is 6.54 Å². The number of nitrogens with one attached hydrogen (secondary N) is 5. The van der Waals surface area contributed by atoms with E-state index in [0.717, 1.165) is 136 Å². The first kappa shape index (κ1) is 64.6. The molecule has 0 spiro atoms. The van der Waals surface area contributed by atoms with Gasteiger partial charge in [-0.2, -0.15) is 0 Å². The molecule has 0 aliphatic carbocycles. The molecule has 3 aliphatic heterocycles. The van der Waals surface area contributed by atoms with Crippen LogP contribution in [0.15, 0.2) is 190 Å². The number of fused-ring (bicyclic) bond motifs is 3. The monoisotopic (exact) mass is 1310 g/mol. The van der Waals surface area contributed by atoms with Gasteiger partial charge in [0.15, 0.2) is 0 Å². The van der Waals surface area contributed by atoms with Crippen molar-refractivity contribution in [3.05, 3.63) is 232 Å². The predicted octanol–water partition coefficient (Wildman–Crippen LogP) is 16.7. The van der Waals surface area contributed by atoms with Crippen LogP contribution in [0.3, 0.4) is 0 Å². The van der Waals surface area contributed by atoms with E-state index in [-0.39, 0.29) is 47.8 Å². The Morgan fingerprint density at radius 3 is 1.45 bits per heavy atom. The molecule has 0 saturated carbocycles. The van der Waals surface area contributed by atoms with Gasteiger partial charge in [0.2, 0.25) is 0 Å². The Bertz CT molecular complexity index is 3990. The number of likely N-dealkylation sites (tertiary alicyclic amines) is 2. The van der Waals surface area contributed by atoms with Crippen molar-refractivity contribution in [1.29, 1.82) is 10.8 Å². The normalized spacial score (nSPS) is 15.1. The van der Waals surface area contributed by atoms with Gasteiger partial charge in [0.25, 0.3) is 5.69 Å². The number of piperidine rings is 2. The molecule has 0 radical (unpaired) electrons. The minimum atomic E-state index is -0.340. The number of hydrogen-bond donors (Lipinski definition) is 7. The first-order valence-corrected chi connectivity index (χ1v) is 32.0. The Kier molecular flexibility index (Phi) is 22.0. The Morgan fingerprint density at radius 2 is 1.01 bits per heavy atom. The Morgan fingerprint density at radius 1 is 0.557 bits per heavy atom. The third-order valence-corrected chi connectivity index (χ3v) is 19.8. The summed E-state index contributed by atoms with van der Waals surface area (Å²) in [5.41, 5.74) is 23.8. The molecule has 15 nitrogen and oxygen atoms in total. The molecule has 2 fully saturated rings. The molecule has 4 aromatic carbocycles. The molecule has 0 unspecified atom stereocenters. The second kappa shape index (κ2) is 29.9. The van der Waals surface area contributed by atoms with Crippen LogP contribution in [0.4, 0.5) is 17.1 Å². The number of thiophene rings is 4. The van der Waals surface area contributed by atoms with E-state index < -0.39 is 0 Å². The highest BCUT2D eigenvalue weighted by atomic mass is 35.5. The van der Waals surface area contributed by atoms with Gasteiger partial charge >= 0.3 is 0 Å². The minimum Gasteiger partial charge on any atom is -0.383 e. The number of amidine groups is 4. The second-order valence-electron chi connectivity index (χ2n) is 21.5. The van der Waals surface area contributed by atoms with Gasteiger partial charge in [-0.15, -0.1) is 82.6 Å². The average Bonchev–Trinajstić information content (AvgIpc) is 2.26. The fourth-order valence-electron chi connectivity index (χ4n) is 11.7. The summed E-state index contributed by atoms with van der Waals surface area (Å²) in [5, 5.41) is 39.4. The number of nitro groups is 1. The fourth-order valence-corrected chi connectivity index (χ4v) is 14.4. The molecule has 0 atom stereocenters. The van der Waals surface area contributed by atoms with Crippen molar-refractivity contribution in [2.45, 2.75) is 50.5 Å². The summed E-state index contributed by atoms with van der Waals surface area (Å²) in [7, 11) is 0. The molecule has 454 valence electrons. The van der Waals surface area contributed by atoms with Crippen molar-refractivity contribution in [2.75, 3.05) is 39.3 Å². The molecular formula is C66H68Cl3N13O2S4. The second-order valence-corrected chi connectivity index (χ2v) is 25.3. The van der Waals surface area contributed by atoms with E-state index in [1.165, 1.54) is 33.0 Å². The number of H-pyrrole nitrogens is 3. The van der Waals surface area contributed by atoms with Crippen molar-refractivity contribution >= 4 is 161 Å². The van der Waals surface area contributed by atoms with E-state index in [1.54, 1.807) is 63.5 Å². The highest BCUT2D eigenvalue weighted by molar-refractivity contribution is 7.13. The van der Waals surface area contributed by atoms with Gasteiger partial charge in [-0.1, -0.05) is 60.7 Å². The first-order valence-electron chi connectivity index (χ1n) is 28.5. The zero-order valence-corrected chi connectivity index (χ0v) is 53.7. The maximum absolute atomic E-state index is 11.0. The molecular weight excluding hydrogens is 1240 g/mol. The van der Waals surface area contributed by atoms with Crippen LogP contribution in [0.1, 0.15) is 85.7 Å². The van der Waals surface area contributed by atoms with Crippen LogP contribution < -0.4 is 11.5 Å². The number of hydrogen-bond acceptors (Lipinski definition) is 11. The number of non-ortho nitro benzene ring substituents is 1. The summed E-state index contributed by atoms with van der Waals surface area (Å²) in [6.07, 6.45) is 13.6. The zero-order valence-electron chi connectivity index (χ0n) is 48.0. The van der Waals surface area contributed by atoms with Crippen LogP contribution in [0, 0.1) is 20.9 Å². The molecule has 0 amide bonds. The van der Waals surface area contributed by atoms with Gasteiger partial charge < -0.3 is 36.2 Å². The summed E-state index contributed by atoms with van der Waals surface area (Å²) in [6, 6.07) is 44.0. The number of nitro benzene ring substituents is 1. The maximum Gasteiger partial charge on any atom is 0.270 e. The number of nitrogens with two attached hydrogens (primary N) is 2. The van der Waals surface area contributed by atoms with Gasteiger partial charge in [-0.05, 0) is 154 Å². The summed E-state index contributed by atoms with van der Waals surface area (Å²) in [4.78, 5) is 40.9. The smallest absolute Gasteiger partial charge is 0.270 e. The molecule has 22 heteroatoms. The van der Waals surface area contributed by atoms with Gasteiger partial charge in [0.05, 0.1) is 35.8 Å². The van der Waals surface area contributed by atoms with Crippen molar-refractivity contribution in [3.63, 3.8) is 0 Å². The molecule has 14 rings (SSSR count). The third kappa shape index (κ3) is 15.0. The Hall–Kier alpha value is -7.85. The van der Waals surface area contributed by atoms with E-state index >= 15 is 0 Å². The van der Waals surface area contributed by atoms with E-state index in [1.807, 2.05) is 94.4 Å². The summed E-state index contributed by atoms with van der Waals surface area (Å²) >= 11 is 6.47.